The fraction of sp³-hybridized carbons (Fsp3) is 0.250. The molecule has 4 nitrogen and oxygen atoms in total. The first-order valence-corrected chi connectivity index (χ1v) is 6.35. The molecule has 0 fully saturated rings. The van der Waals surface area contributed by atoms with E-state index in [0.29, 0.717) is 5.02 Å². The van der Waals surface area contributed by atoms with Gasteiger partial charge in [-0.25, -0.2) is 0 Å². The van der Waals surface area contributed by atoms with Crippen LogP contribution in [0, 0.1) is 0 Å². The lowest BCUT2D eigenvalue weighted by Crippen LogP contribution is -2.20. The van der Waals surface area contributed by atoms with Crippen LogP contribution in [0.2, 0.25) is 10.0 Å². The number of halogens is 2. The summed E-state index contributed by atoms with van der Waals surface area (Å²) in [6.45, 7) is 0.00363. The topological polar surface area (TPSA) is 69.4 Å². The molecule has 0 amide bonds. The molecule has 1 aromatic rings. The smallest absolute Gasteiger partial charge is 0.310 e. The van der Waals surface area contributed by atoms with E-state index in [-0.39, 0.29) is 23.1 Å². The van der Waals surface area contributed by atoms with Crippen molar-refractivity contribution in [1.82, 2.24) is 0 Å². The van der Waals surface area contributed by atoms with Gasteiger partial charge < -0.3 is 9.92 Å². The summed E-state index contributed by atoms with van der Waals surface area (Å²) in [6, 6.07) is 4.21. The molecule has 0 saturated carbocycles. The fourth-order valence-electron chi connectivity index (χ4n) is 0.861. The van der Waals surface area contributed by atoms with Crippen LogP contribution in [0.3, 0.4) is 0 Å². The first-order chi connectivity index (χ1) is 6.94. The number of nitrogens with two attached hydrogens (primary N) is 1. The Kier molecular flexibility index (Phi) is 4.21. The van der Waals surface area contributed by atoms with Crippen LogP contribution in [0.5, 0.6) is 5.75 Å². The highest BCUT2D eigenvalue weighted by Crippen LogP contribution is 2.26. The van der Waals surface area contributed by atoms with Crippen molar-refractivity contribution < 1.29 is 12.6 Å². The Bertz CT molecular complexity index is 447. The van der Waals surface area contributed by atoms with Crippen LogP contribution in [0.15, 0.2) is 18.2 Å². The van der Waals surface area contributed by atoms with Crippen molar-refractivity contribution in [3.63, 3.8) is 0 Å². The van der Waals surface area contributed by atoms with Gasteiger partial charge in [0.2, 0.25) is 0 Å². The number of benzene rings is 1. The zero-order valence-corrected chi connectivity index (χ0v) is 9.94. The molecule has 15 heavy (non-hydrogen) atoms. The number of hydrogen-bond donors (Lipinski definition) is 1. The standard InChI is InChI=1S/C8H9Cl2NO3S/c9-7-2-1-6(5-8(7)10)14-15(12,13)4-3-11/h1-2,5H,3-4,11H2. The lowest BCUT2D eigenvalue weighted by atomic mass is 10.3. The molecule has 0 aromatic heterocycles. The summed E-state index contributed by atoms with van der Waals surface area (Å²) < 4.78 is 27.2. The molecule has 0 spiro atoms. The number of rotatable bonds is 4. The third-order valence-electron chi connectivity index (χ3n) is 1.48. The van der Waals surface area contributed by atoms with Gasteiger partial charge in [-0.2, -0.15) is 8.42 Å². The van der Waals surface area contributed by atoms with Crippen molar-refractivity contribution in [1.29, 1.82) is 0 Å². The average molecular weight is 270 g/mol. The van der Waals surface area contributed by atoms with E-state index < -0.39 is 10.1 Å². The Morgan fingerprint density at radius 3 is 2.47 bits per heavy atom. The molecule has 0 saturated heterocycles. The van der Waals surface area contributed by atoms with Gasteiger partial charge in [0.05, 0.1) is 15.8 Å². The van der Waals surface area contributed by atoms with E-state index in [9.17, 15) is 8.42 Å². The predicted octanol–water partition coefficient (Wildman–Crippen LogP) is 1.66. The summed E-state index contributed by atoms with van der Waals surface area (Å²) in [5, 5.41) is 0.567. The molecule has 1 rings (SSSR count). The first-order valence-electron chi connectivity index (χ1n) is 4.02. The largest absolute Gasteiger partial charge is 0.382 e. The Hall–Kier alpha value is -0.490. The summed E-state index contributed by atoms with van der Waals surface area (Å²) >= 11 is 11.3. The fourth-order valence-corrected chi connectivity index (χ4v) is 1.92. The summed E-state index contributed by atoms with van der Waals surface area (Å²) in [4.78, 5) is 0. The van der Waals surface area contributed by atoms with E-state index in [2.05, 4.69) is 0 Å². The highest BCUT2D eigenvalue weighted by atomic mass is 35.5. The predicted molar refractivity (Wildman–Crippen MR) is 59.9 cm³/mol. The quantitative estimate of drug-likeness (QED) is 0.845. The second kappa shape index (κ2) is 5.03. The van der Waals surface area contributed by atoms with E-state index in [4.69, 9.17) is 33.1 Å². The van der Waals surface area contributed by atoms with E-state index in [0.717, 1.165) is 0 Å². The SMILES string of the molecule is NCCS(=O)(=O)Oc1ccc(Cl)c(Cl)c1. The molecule has 0 radical (unpaired) electrons. The van der Waals surface area contributed by atoms with E-state index >= 15 is 0 Å². The highest BCUT2D eigenvalue weighted by Gasteiger charge is 2.12. The zero-order valence-electron chi connectivity index (χ0n) is 7.61. The maximum Gasteiger partial charge on any atom is 0.310 e. The Morgan fingerprint density at radius 2 is 1.93 bits per heavy atom. The summed E-state index contributed by atoms with van der Waals surface area (Å²) in [5.74, 6) is -0.120. The van der Waals surface area contributed by atoms with E-state index in [1.54, 1.807) is 0 Å². The van der Waals surface area contributed by atoms with Crippen LogP contribution < -0.4 is 9.92 Å². The zero-order chi connectivity index (χ0) is 11.5. The molecule has 0 bridgehead atoms. The third-order valence-corrected chi connectivity index (χ3v) is 3.40. The minimum absolute atomic E-state index is 0.00363. The molecule has 1 aromatic carbocycles. The molecule has 0 aliphatic rings. The van der Waals surface area contributed by atoms with Gasteiger partial charge in [0.25, 0.3) is 0 Å². The van der Waals surface area contributed by atoms with Gasteiger partial charge in [-0.15, -0.1) is 0 Å². The molecule has 0 heterocycles. The maximum atomic E-state index is 11.2. The monoisotopic (exact) mass is 269 g/mol. The third kappa shape index (κ3) is 3.87. The molecule has 0 aliphatic heterocycles. The van der Waals surface area contributed by atoms with Crippen molar-refractivity contribution in [3.8, 4) is 5.75 Å². The van der Waals surface area contributed by atoms with Crippen LogP contribution in [-0.4, -0.2) is 20.7 Å². The maximum absolute atomic E-state index is 11.2. The van der Waals surface area contributed by atoms with Crippen LogP contribution >= 0.6 is 23.2 Å². The molecular formula is C8H9Cl2NO3S. The van der Waals surface area contributed by atoms with Gasteiger partial charge in [-0.05, 0) is 12.1 Å². The lowest BCUT2D eigenvalue weighted by Gasteiger charge is -2.06. The first kappa shape index (κ1) is 12.6. The van der Waals surface area contributed by atoms with Gasteiger partial charge in [-0.1, -0.05) is 23.2 Å². The Balaban J connectivity index is 2.86. The van der Waals surface area contributed by atoms with Crippen molar-refractivity contribution in [2.24, 2.45) is 5.73 Å². The van der Waals surface area contributed by atoms with Gasteiger partial charge in [0, 0.05) is 12.6 Å². The second-order valence-corrected chi connectivity index (χ2v) is 5.21. The highest BCUT2D eigenvalue weighted by molar-refractivity contribution is 7.87. The Morgan fingerprint density at radius 1 is 1.27 bits per heavy atom. The van der Waals surface area contributed by atoms with Crippen molar-refractivity contribution in [2.45, 2.75) is 0 Å². The van der Waals surface area contributed by atoms with Crippen molar-refractivity contribution >= 4 is 33.3 Å². The van der Waals surface area contributed by atoms with Crippen LogP contribution in [0.25, 0.3) is 0 Å². The molecule has 2 N–H and O–H groups in total. The van der Waals surface area contributed by atoms with Gasteiger partial charge >= 0.3 is 10.1 Å². The van der Waals surface area contributed by atoms with Crippen LogP contribution in [-0.2, 0) is 10.1 Å². The molecular weight excluding hydrogens is 261 g/mol. The molecule has 0 aliphatic carbocycles. The lowest BCUT2D eigenvalue weighted by molar-refractivity contribution is 0.486. The molecule has 84 valence electrons. The number of hydrogen-bond acceptors (Lipinski definition) is 4. The van der Waals surface area contributed by atoms with Crippen LogP contribution in [0.1, 0.15) is 0 Å². The summed E-state index contributed by atoms with van der Waals surface area (Å²) in [6.07, 6.45) is 0. The van der Waals surface area contributed by atoms with Crippen molar-refractivity contribution in [3.05, 3.63) is 28.2 Å². The van der Waals surface area contributed by atoms with Crippen molar-refractivity contribution in [2.75, 3.05) is 12.3 Å². The molecule has 7 heteroatoms. The second-order valence-electron chi connectivity index (χ2n) is 2.71. The molecule has 0 unspecified atom stereocenters. The summed E-state index contributed by atoms with van der Waals surface area (Å²) in [7, 11) is -3.64. The summed E-state index contributed by atoms with van der Waals surface area (Å²) in [5.41, 5.74) is 5.12. The molecule has 0 atom stereocenters. The van der Waals surface area contributed by atoms with E-state index in [1.807, 2.05) is 0 Å². The minimum Gasteiger partial charge on any atom is -0.382 e. The van der Waals surface area contributed by atoms with Crippen LogP contribution in [0.4, 0.5) is 0 Å². The average Bonchev–Trinajstić information content (AvgIpc) is 2.10. The van der Waals surface area contributed by atoms with Gasteiger partial charge in [-0.3, -0.25) is 0 Å². The van der Waals surface area contributed by atoms with Gasteiger partial charge in [0.1, 0.15) is 5.75 Å². The Labute approximate surface area is 98.1 Å². The van der Waals surface area contributed by atoms with Gasteiger partial charge in [0.15, 0.2) is 0 Å². The minimum atomic E-state index is -3.64. The normalized spacial score (nSPS) is 11.4. The van der Waals surface area contributed by atoms with E-state index in [1.165, 1.54) is 18.2 Å².